The molecule has 0 atom stereocenters. The van der Waals surface area contributed by atoms with Crippen LogP contribution in [0.4, 0.5) is 5.69 Å². The van der Waals surface area contributed by atoms with E-state index in [1.165, 1.54) is 11.3 Å². The van der Waals surface area contributed by atoms with E-state index in [1.54, 1.807) is 16.6 Å². The summed E-state index contributed by atoms with van der Waals surface area (Å²) in [6.07, 6.45) is 0.947. The van der Waals surface area contributed by atoms with Crippen molar-refractivity contribution in [1.29, 1.82) is 0 Å². The number of anilines is 1. The minimum absolute atomic E-state index is 0.163. The maximum Gasteiger partial charge on any atom is 0.255 e. The first-order valence-corrected chi connectivity index (χ1v) is 9.79. The van der Waals surface area contributed by atoms with Gasteiger partial charge in [-0.3, -0.25) is 4.79 Å². The monoisotopic (exact) mass is 393 g/mol. The van der Waals surface area contributed by atoms with Crippen molar-refractivity contribution >= 4 is 27.9 Å². The Morgan fingerprint density at radius 2 is 1.86 bits per heavy atom. The van der Waals surface area contributed by atoms with E-state index in [0.717, 1.165) is 39.2 Å². The number of amides is 1. The van der Waals surface area contributed by atoms with E-state index in [-0.39, 0.29) is 5.91 Å². The van der Waals surface area contributed by atoms with Crippen molar-refractivity contribution in [3.05, 3.63) is 59.9 Å². The Kier molecular flexibility index (Phi) is 5.03. The lowest BCUT2D eigenvalue weighted by molar-refractivity contribution is 0.102. The predicted molar refractivity (Wildman–Crippen MR) is 109 cm³/mol. The highest BCUT2D eigenvalue weighted by Gasteiger charge is 2.11. The van der Waals surface area contributed by atoms with Crippen LogP contribution in [0, 0.1) is 6.92 Å². The zero-order valence-electron chi connectivity index (χ0n) is 15.5. The van der Waals surface area contributed by atoms with Crippen molar-refractivity contribution in [3.8, 4) is 16.3 Å². The number of hydrogen-bond donors (Lipinski definition) is 1. The van der Waals surface area contributed by atoms with Crippen molar-refractivity contribution in [2.24, 2.45) is 0 Å². The highest BCUT2D eigenvalue weighted by Crippen LogP contribution is 2.26. The van der Waals surface area contributed by atoms with Crippen molar-refractivity contribution in [2.75, 3.05) is 11.9 Å². The number of nitrogens with one attached hydrogen (secondary N) is 1. The third-order valence-corrected chi connectivity index (χ3v) is 5.07. The van der Waals surface area contributed by atoms with Crippen LogP contribution in [0.15, 0.2) is 48.5 Å². The molecule has 4 rings (SSSR count). The zero-order chi connectivity index (χ0) is 19.5. The molecule has 1 amide bonds. The van der Waals surface area contributed by atoms with Crippen LogP contribution in [0.2, 0.25) is 0 Å². The van der Waals surface area contributed by atoms with Gasteiger partial charge < -0.3 is 10.1 Å². The second-order valence-electron chi connectivity index (χ2n) is 6.25. The molecule has 2 aromatic carbocycles. The summed E-state index contributed by atoms with van der Waals surface area (Å²) in [5.74, 6) is 1.36. The van der Waals surface area contributed by atoms with Gasteiger partial charge in [-0.05, 0) is 61.9 Å². The van der Waals surface area contributed by atoms with Crippen LogP contribution in [0.5, 0.6) is 5.75 Å². The van der Waals surface area contributed by atoms with Gasteiger partial charge in [0.1, 0.15) is 10.8 Å². The summed E-state index contributed by atoms with van der Waals surface area (Å²) in [4.78, 5) is 13.2. The average Bonchev–Trinajstić information content (AvgIpc) is 3.29. The minimum Gasteiger partial charge on any atom is -0.494 e. The summed E-state index contributed by atoms with van der Waals surface area (Å²) in [5.41, 5.74) is 2.27. The Morgan fingerprint density at radius 3 is 2.54 bits per heavy atom. The smallest absolute Gasteiger partial charge is 0.255 e. The average molecular weight is 393 g/mol. The number of aromatic nitrogens is 4. The molecule has 0 bridgehead atoms. The highest BCUT2D eigenvalue weighted by molar-refractivity contribution is 7.19. The molecule has 0 saturated carbocycles. The van der Waals surface area contributed by atoms with E-state index in [1.807, 2.05) is 43.3 Å². The Morgan fingerprint density at radius 1 is 1.11 bits per heavy atom. The van der Waals surface area contributed by atoms with Crippen LogP contribution in [-0.4, -0.2) is 32.3 Å². The Bertz CT molecular complexity index is 1100. The first-order chi connectivity index (χ1) is 13.6. The molecule has 142 valence electrons. The van der Waals surface area contributed by atoms with Gasteiger partial charge in [0.05, 0.1) is 6.61 Å². The third kappa shape index (κ3) is 3.72. The summed E-state index contributed by atoms with van der Waals surface area (Å²) < 4.78 is 7.27. The molecule has 0 fully saturated rings. The van der Waals surface area contributed by atoms with Crippen LogP contribution in [0.25, 0.3) is 15.5 Å². The lowest BCUT2D eigenvalue weighted by Crippen LogP contribution is -2.11. The van der Waals surface area contributed by atoms with E-state index >= 15 is 0 Å². The molecule has 7 nitrogen and oxygen atoms in total. The van der Waals surface area contributed by atoms with Gasteiger partial charge in [-0.2, -0.15) is 9.61 Å². The van der Waals surface area contributed by atoms with E-state index < -0.39 is 0 Å². The van der Waals surface area contributed by atoms with E-state index in [2.05, 4.69) is 27.5 Å². The van der Waals surface area contributed by atoms with Crippen molar-refractivity contribution < 1.29 is 9.53 Å². The van der Waals surface area contributed by atoms with Gasteiger partial charge in [-0.25, -0.2) is 0 Å². The molecule has 0 saturated heterocycles. The molecular formula is C20H19N5O2S. The fourth-order valence-corrected chi connectivity index (χ4v) is 3.54. The number of carbonyl (C=O) groups is 1. The maximum atomic E-state index is 12.4. The van der Waals surface area contributed by atoms with E-state index in [9.17, 15) is 4.79 Å². The van der Waals surface area contributed by atoms with Crippen molar-refractivity contribution in [2.45, 2.75) is 20.3 Å². The van der Waals surface area contributed by atoms with E-state index in [4.69, 9.17) is 4.74 Å². The van der Waals surface area contributed by atoms with Gasteiger partial charge >= 0.3 is 0 Å². The first-order valence-electron chi connectivity index (χ1n) is 8.97. The summed E-state index contributed by atoms with van der Waals surface area (Å²) >= 11 is 1.47. The van der Waals surface area contributed by atoms with Gasteiger partial charge in [0.25, 0.3) is 5.91 Å². The molecule has 4 aromatic rings. The summed E-state index contributed by atoms with van der Waals surface area (Å²) in [5, 5.41) is 16.4. The summed E-state index contributed by atoms with van der Waals surface area (Å²) in [7, 11) is 0. The fourth-order valence-electron chi connectivity index (χ4n) is 2.65. The molecule has 0 aliphatic carbocycles. The number of carbonyl (C=O) groups excluding carboxylic acids is 1. The van der Waals surface area contributed by atoms with Crippen LogP contribution in [0.3, 0.4) is 0 Å². The maximum absolute atomic E-state index is 12.4. The lowest BCUT2D eigenvalue weighted by atomic mass is 10.2. The Balaban J connectivity index is 1.44. The Hall–Kier alpha value is -3.26. The normalized spacial score (nSPS) is 10.9. The second kappa shape index (κ2) is 7.77. The lowest BCUT2D eigenvalue weighted by Gasteiger charge is -2.08. The SMILES string of the molecule is CCCOc1ccc(C(=O)Nc2ccc(-c3nn4c(C)nnc4s3)cc2)cc1. The molecule has 0 spiro atoms. The summed E-state index contributed by atoms with van der Waals surface area (Å²) in [6, 6.07) is 14.7. The van der Waals surface area contributed by atoms with Crippen molar-refractivity contribution in [3.63, 3.8) is 0 Å². The molecule has 0 aliphatic heterocycles. The van der Waals surface area contributed by atoms with Crippen LogP contribution < -0.4 is 10.1 Å². The number of aryl methyl sites for hydroxylation is 1. The topological polar surface area (TPSA) is 81.4 Å². The zero-order valence-corrected chi connectivity index (χ0v) is 16.4. The quantitative estimate of drug-likeness (QED) is 0.531. The van der Waals surface area contributed by atoms with Crippen LogP contribution in [-0.2, 0) is 0 Å². The van der Waals surface area contributed by atoms with Gasteiger partial charge in [0.15, 0.2) is 5.82 Å². The minimum atomic E-state index is -0.163. The van der Waals surface area contributed by atoms with E-state index in [0.29, 0.717) is 12.2 Å². The third-order valence-electron chi connectivity index (χ3n) is 4.13. The van der Waals surface area contributed by atoms with Gasteiger partial charge in [0, 0.05) is 16.8 Å². The molecular weight excluding hydrogens is 374 g/mol. The molecule has 0 aliphatic rings. The number of benzene rings is 2. The predicted octanol–water partition coefficient (Wildman–Crippen LogP) is 4.20. The molecule has 2 aromatic heterocycles. The number of fused-ring (bicyclic) bond motifs is 1. The number of ether oxygens (including phenoxy) is 1. The fraction of sp³-hybridized carbons (Fsp3) is 0.200. The molecule has 28 heavy (non-hydrogen) atoms. The second-order valence-corrected chi connectivity index (χ2v) is 7.21. The summed E-state index contributed by atoms with van der Waals surface area (Å²) in [6.45, 7) is 4.58. The van der Waals surface area contributed by atoms with Crippen LogP contribution in [0.1, 0.15) is 29.5 Å². The van der Waals surface area contributed by atoms with Crippen molar-refractivity contribution in [1.82, 2.24) is 19.8 Å². The van der Waals surface area contributed by atoms with Gasteiger partial charge in [-0.15, -0.1) is 10.2 Å². The first kappa shape index (κ1) is 18.1. The standard InChI is InChI=1S/C20H19N5O2S/c1-3-12-27-17-10-6-14(7-11-17)18(26)21-16-8-4-15(5-9-16)19-24-25-13(2)22-23-20(25)28-19/h4-11H,3,12H2,1-2H3,(H,21,26). The van der Waals surface area contributed by atoms with Gasteiger partial charge in [0.2, 0.25) is 4.96 Å². The largest absolute Gasteiger partial charge is 0.494 e. The molecule has 0 radical (unpaired) electrons. The van der Waals surface area contributed by atoms with Gasteiger partial charge in [-0.1, -0.05) is 18.3 Å². The van der Waals surface area contributed by atoms with Crippen LogP contribution >= 0.6 is 11.3 Å². The molecule has 2 heterocycles. The number of nitrogens with zero attached hydrogens (tertiary/aromatic N) is 4. The molecule has 1 N–H and O–H groups in total. The highest BCUT2D eigenvalue weighted by atomic mass is 32.1. The Labute approximate surface area is 166 Å². The number of hydrogen-bond acceptors (Lipinski definition) is 6. The number of rotatable bonds is 6. The molecule has 8 heteroatoms. The molecule has 0 unspecified atom stereocenters.